The van der Waals surface area contributed by atoms with Crippen molar-refractivity contribution in [1.29, 1.82) is 0 Å². The molecule has 90 valence electrons. The van der Waals surface area contributed by atoms with E-state index in [1.165, 1.54) is 0 Å². The second-order valence-corrected chi connectivity index (χ2v) is 3.90. The van der Waals surface area contributed by atoms with Gasteiger partial charge in [0.2, 0.25) is 11.7 Å². The second-order valence-electron chi connectivity index (χ2n) is 3.90. The highest BCUT2D eigenvalue weighted by Crippen LogP contribution is 2.21. The summed E-state index contributed by atoms with van der Waals surface area (Å²) in [4.78, 5) is 4.24. The molecule has 5 nitrogen and oxygen atoms in total. The standard InChI is InChI=1S/C12H15N3O2/c1-2-3-10(13)12-14-11(15-17-12)8-4-6-9(16)7-5-8/h4-7,10,16H,2-3,13H2,1H3/t10-/m1/s1. The maximum Gasteiger partial charge on any atom is 0.243 e. The number of benzene rings is 1. The molecule has 0 saturated carbocycles. The van der Waals surface area contributed by atoms with Crippen LogP contribution >= 0.6 is 0 Å². The van der Waals surface area contributed by atoms with Crippen molar-refractivity contribution in [2.75, 3.05) is 0 Å². The lowest BCUT2D eigenvalue weighted by Gasteiger charge is -2.02. The molecular weight excluding hydrogens is 218 g/mol. The predicted molar refractivity (Wildman–Crippen MR) is 63.2 cm³/mol. The van der Waals surface area contributed by atoms with Crippen LogP contribution in [0.1, 0.15) is 31.7 Å². The van der Waals surface area contributed by atoms with Crippen LogP contribution in [-0.4, -0.2) is 15.2 Å². The highest BCUT2D eigenvalue weighted by molar-refractivity contribution is 5.55. The van der Waals surface area contributed by atoms with Gasteiger partial charge in [0, 0.05) is 5.56 Å². The molecule has 1 aromatic carbocycles. The van der Waals surface area contributed by atoms with Gasteiger partial charge in [-0.2, -0.15) is 4.98 Å². The number of nitrogens with zero attached hydrogens (tertiary/aromatic N) is 2. The Balaban J connectivity index is 2.20. The molecule has 17 heavy (non-hydrogen) atoms. The summed E-state index contributed by atoms with van der Waals surface area (Å²) in [6, 6.07) is 6.41. The van der Waals surface area contributed by atoms with Gasteiger partial charge in [0.15, 0.2) is 0 Å². The number of nitrogens with two attached hydrogens (primary N) is 1. The van der Waals surface area contributed by atoms with Crippen molar-refractivity contribution >= 4 is 0 Å². The van der Waals surface area contributed by atoms with Gasteiger partial charge < -0.3 is 15.4 Å². The maximum atomic E-state index is 9.18. The molecule has 0 radical (unpaired) electrons. The summed E-state index contributed by atoms with van der Waals surface area (Å²) in [6.45, 7) is 2.05. The molecule has 5 heteroatoms. The van der Waals surface area contributed by atoms with Crippen molar-refractivity contribution in [3.63, 3.8) is 0 Å². The van der Waals surface area contributed by atoms with Crippen LogP contribution in [0.15, 0.2) is 28.8 Å². The van der Waals surface area contributed by atoms with Crippen molar-refractivity contribution in [3.05, 3.63) is 30.2 Å². The predicted octanol–water partition coefficient (Wildman–Crippen LogP) is 2.24. The molecule has 0 bridgehead atoms. The van der Waals surface area contributed by atoms with E-state index in [0.717, 1.165) is 18.4 Å². The van der Waals surface area contributed by atoms with Gasteiger partial charge in [-0.25, -0.2) is 0 Å². The van der Waals surface area contributed by atoms with E-state index in [9.17, 15) is 5.11 Å². The molecule has 2 rings (SSSR count). The van der Waals surface area contributed by atoms with Crippen molar-refractivity contribution in [1.82, 2.24) is 10.1 Å². The van der Waals surface area contributed by atoms with Crippen LogP contribution in [0.25, 0.3) is 11.4 Å². The molecular formula is C12H15N3O2. The number of aromatic hydroxyl groups is 1. The molecule has 3 N–H and O–H groups in total. The summed E-state index contributed by atoms with van der Waals surface area (Å²) in [7, 11) is 0. The molecule has 0 aliphatic heterocycles. The van der Waals surface area contributed by atoms with Crippen molar-refractivity contribution in [3.8, 4) is 17.1 Å². The van der Waals surface area contributed by atoms with Gasteiger partial charge in [-0.3, -0.25) is 0 Å². The van der Waals surface area contributed by atoms with Gasteiger partial charge in [0.1, 0.15) is 5.75 Å². The molecule has 1 heterocycles. The van der Waals surface area contributed by atoms with E-state index in [0.29, 0.717) is 11.7 Å². The highest BCUT2D eigenvalue weighted by Gasteiger charge is 2.14. The van der Waals surface area contributed by atoms with Crippen molar-refractivity contribution in [2.24, 2.45) is 5.73 Å². The van der Waals surface area contributed by atoms with Gasteiger partial charge in [-0.15, -0.1) is 0 Å². The Hall–Kier alpha value is -1.88. The van der Waals surface area contributed by atoms with Gasteiger partial charge in [-0.05, 0) is 30.7 Å². The lowest BCUT2D eigenvalue weighted by molar-refractivity contribution is 0.348. The number of hydrogen-bond acceptors (Lipinski definition) is 5. The van der Waals surface area contributed by atoms with Gasteiger partial charge in [0.25, 0.3) is 0 Å². The summed E-state index contributed by atoms with van der Waals surface area (Å²) in [5.41, 5.74) is 6.68. The largest absolute Gasteiger partial charge is 0.508 e. The average Bonchev–Trinajstić information content (AvgIpc) is 2.80. The second kappa shape index (κ2) is 4.97. The Labute approximate surface area is 99.3 Å². The number of phenolic OH excluding ortho intramolecular Hbond substituents is 1. The van der Waals surface area contributed by atoms with Crippen LogP contribution in [0, 0.1) is 0 Å². The van der Waals surface area contributed by atoms with Gasteiger partial charge in [-0.1, -0.05) is 18.5 Å². The van der Waals surface area contributed by atoms with Gasteiger partial charge >= 0.3 is 0 Å². The van der Waals surface area contributed by atoms with Crippen LogP contribution in [0.3, 0.4) is 0 Å². The van der Waals surface area contributed by atoms with E-state index in [1.54, 1.807) is 24.3 Å². The first-order valence-electron chi connectivity index (χ1n) is 5.59. The molecule has 0 spiro atoms. The van der Waals surface area contributed by atoms with E-state index < -0.39 is 0 Å². The minimum absolute atomic E-state index is 0.208. The Morgan fingerprint density at radius 3 is 2.71 bits per heavy atom. The van der Waals surface area contributed by atoms with Crippen molar-refractivity contribution in [2.45, 2.75) is 25.8 Å². The zero-order valence-electron chi connectivity index (χ0n) is 9.63. The third-order valence-electron chi connectivity index (χ3n) is 2.48. The summed E-state index contributed by atoms with van der Waals surface area (Å²) < 4.78 is 5.12. The first-order valence-corrected chi connectivity index (χ1v) is 5.59. The minimum Gasteiger partial charge on any atom is -0.508 e. The van der Waals surface area contributed by atoms with Gasteiger partial charge in [0.05, 0.1) is 6.04 Å². The van der Waals surface area contributed by atoms with Crippen LogP contribution < -0.4 is 5.73 Å². The zero-order chi connectivity index (χ0) is 12.3. The summed E-state index contributed by atoms with van der Waals surface area (Å²) in [6.07, 6.45) is 1.79. The maximum absolute atomic E-state index is 9.18. The molecule has 0 amide bonds. The van der Waals surface area contributed by atoms with E-state index >= 15 is 0 Å². The number of aromatic nitrogens is 2. The lowest BCUT2D eigenvalue weighted by Crippen LogP contribution is -2.09. The summed E-state index contributed by atoms with van der Waals surface area (Å²) in [5.74, 6) is 1.15. The fourth-order valence-corrected chi connectivity index (χ4v) is 1.55. The first kappa shape index (κ1) is 11.6. The summed E-state index contributed by atoms with van der Waals surface area (Å²) >= 11 is 0. The lowest BCUT2D eigenvalue weighted by atomic mass is 10.2. The molecule has 0 saturated heterocycles. The fraction of sp³-hybridized carbons (Fsp3) is 0.333. The van der Waals surface area contributed by atoms with Crippen LogP contribution in [0.4, 0.5) is 0 Å². The normalized spacial score (nSPS) is 12.6. The quantitative estimate of drug-likeness (QED) is 0.845. The fourth-order valence-electron chi connectivity index (χ4n) is 1.55. The number of hydrogen-bond donors (Lipinski definition) is 2. The average molecular weight is 233 g/mol. The Kier molecular flexibility index (Phi) is 3.39. The smallest absolute Gasteiger partial charge is 0.243 e. The molecule has 2 aromatic rings. The molecule has 1 aromatic heterocycles. The highest BCUT2D eigenvalue weighted by atomic mass is 16.5. The monoisotopic (exact) mass is 233 g/mol. The van der Waals surface area contributed by atoms with Crippen LogP contribution in [0.5, 0.6) is 5.75 Å². The van der Waals surface area contributed by atoms with E-state index in [4.69, 9.17) is 10.3 Å². The van der Waals surface area contributed by atoms with E-state index in [-0.39, 0.29) is 11.8 Å². The van der Waals surface area contributed by atoms with Crippen LogP contribution in [0.2, 0.25) is 0 Å². The Morgan fingerprint density at radius 1 is 1.35 bits per heavy atom. The number of phenols is 1. The Bertz CT molecular complexity index is 479. The topological polar surface area (TPSA) is 85.2 Å². The molecule has 1 atom stereocenters. The molecule has 0 unspecified atom stereocenters. The molecule has 0 aliphatic rings. The van der Waals surface area contributed by atoms with E-state index in [2.05, 4.69) is 17.1 Å². The molecule has 0 fully saturated rings. The van der Waals surface area contributed by atoms with E-state index in [1.807, 2.05) is 0 Å². The van der Waals surface area contributed by atoms with Crippen molar-refractivity contribution < 1.29 is 9.63 Å². The summed E-state index contributed by atoms with van der Waals surface area (Å²) in [5, 5.41) is 13.1. The minimum atomic E-state index is -0.210. The molecule has 0 aliphatic carbocycles. The van der Waals surface area contributed by atoms with Crippen LogP contribution in [-0.2, 0) is 0 Å². The number of rotatable bonds is 4. The first-order chi connectivity index (χ1) is 8.20. The Morgan fingerprint density at radius 2 is 2.06 bits per heavy atom. The third kappa shape index (κ3) is 2.62. The third-order valence-corrected chi connectivity index (χ3v) is 2.48. The SMILES string of the molecule is CCC[C@@H](N)c1nc(-c2ccc(O)cc2)no1. The zero-order valence-corrected chi connectivity index (χ0v) is 9.63.